The van der Waals surface area contributed by atoms with Crippen LogP contribution in [0.4, 0.5) is 0 Å². The Morgan fingerprint density at radius 1 is 1.47 bits per heavy atom. The van der Waals surface area contributed by atoms with Gasteiger partial charge in [0.25, 0.3) is 0 Å². The Morgan fingerprint density at radius 3 is 2.65 bits per heavy atom. The highest BCUT2D eigenvalue weighted by Crippen LogP contribution is 2.29. The van der Waals surface area contributed by atoms with Gasteiger partial charge in [-0.2, -0.15) is 0 Å². The zero-order chi connectivity index (χ0) is 12.4. The Bertz CT molecular complexity index is 366. The number of nitrogens with zero attached hydrogens (tertiary/aromatic N) is 1. The molecule has 1 saturated carbocycles. The molecule has 0 saturated heterocycles. The minimum Gasteiger partial charge on any atom is -0.463 e. The van der Waals surface area contributed by atoms with Gasteiger partial charge in [-0.3, -0.25) is 4.90 Å². The molecule has 1 aromatic rings. The highest BCUT2D eigenvalue weighted by atomic mass is 16.3. The van der Waals surface area contributed by atoms with Gasteiger partial charge in [0.15, 0.2) is 0 Å². The van der Waals surface area contributed by atoms with E-state index in [4.69, 9.17) is 10.2 Å². The fourth-order valence-electron chi connectivity index (χ4n) is 2.32. The largest absolute Gasteiger partial charge is 0.463 e. The van der Waals surface area contributed by atoms with Crippen molar-refractivity contribution in [1.82, 2.24) is 4.90 Å². The van der Waals surface area contributed by atoms with Gasteiger partial charge in [-0.25, -0.2) is 0 Å². The van der Waals surface area contributed by atoms with Crippen LogP contribution in [0.5, 0.6) is 0 Å². The maximum absolute atomic E-state index is 5.79. The first-order chi connectivity index (χ1) is 8.10. The second-order valence-electron chi connectivity index (χ2n) is 5.58. The zero-order valence-corrected chi connectivity index (χ0v) is 11.2. The molecule has 3 nitrogen and oxygen atoms in total. The van der Waals surface area contributed by atoms with Gasteiger partial charge in [0, 0.05) is 12.6 Å². The number of furan rings is 1. The molecule has 1 aliphatic rings. The first-order valence-corrected chi connectivity index (χ1v) is 6.62. The molecule has 0 amide bonds. The lowest BCUT2D eigenvalue weighted by Gasteiger charge is -2.22. The van der Waals surface area contributed by atoms with E-state index in [0.29, 0.717) is 12.5 Å². The molecular formula is C14H24N2O. The van der Waals surface area contributed by atoms with Crippen LogP contribution in [0.3, 0.4) is 0 Å². The van der Waals surface area contributed by atoms with Crippen molar-refractivity contribution in [3.05, 3.63) is 23.2 Å². The van der Waals surface area contributed by atoms with E-state index in [1.807, 2.05) is 0 Å². The van der Waals surface area contributed by atoms with Crippen LogP contribution < -0.4 is 5.73 Å². The molecule has 0 radical (unpaired) electrons. The van der Waals surface area contributed by atoms with Gasteiger partial charge in [-0.05, 0) is 37.3 Å². The maximum atomic E-state index is 5.79. The minimum atomic E-state index is 0.499. The third-order valence-corrected chi connectivity index (χ3v) is 3.28. The van der Waals surface area contributed by atoms with Gasteiger partial charge in [0.1, 0.15) is 11.5 Å². The van der Waals surface area contributed by atoms with Crippen molar-refractivity contribution in [2.75, 3.05) is 6.54 Å². The molecule has 17 heavy (non-hydrogen) atoms. The van der Waals surface area contributed by atoms with Crippen molar-refractivity contribution in [2.45, 2.75) is 52.7 Å². The highest BCUT2D eigenvalue weighted by molar-refractivity contribution is 5.20. The van der Waals surface area contributed by atoms with E-state index in [9.17, 15) is 0 Å². The van der Waals surface area contributed by atoms with Crippen molar-refractivity contribution in [3.8, 4) is 0 Å². The fraction of sp³-hybridized carbons (Fsp3) is 0.714. The molecule has 0 aliphatic heterocycles. The third kappa shape index (κ3) is 3.33. The normalized spacial score (nSPS) is 16.1. The van der Waals surface area contributed by atoms with Gasteiger partial charge >= 0.3 is 0 Å². The van der Waals surface area contributed by atoms with Crippen LogP contribution in [0, 0.1) is 12.8 Å². The highest BCUT2D eigenvalue weighted by Gasteiger charge is 2.29. The van der Waals surface area contributed by atoms with E-state index in [1.165, 1.54) is 18.4 Å². The lowest BCUT2D eigenvalue weighted by molar-refractivity contribution is 0.207. The monoisotopic (exact) mass is 236 g/mol. The van der Waals surface area contributed by atoms with Crippen LogP contribution in [-0.2, 0) is 13.1 Å². The predicted molar refractivity (Wildman–Crippen MR) is 69.6 cm³/mol. The van der Waals surface area contributed by atoms with Gasteiger partial charge in [-0.15, -0.1) is 0 Å². The molecule has 2 N–H and O–H groups in total. The molecule has 1 heterocycles. The van der Waals surface area contributed by atoms with Crippen molar-refractivity contribution in [3.63, 3.8) is 0 Å². The molecule has 0 spiro atoms. The van der Waals surface area contributed by atoms with Crippen LogP contribution in [-0.4, -0.2) is 17.5 Å². The lowest BCUT2D eigenvalue weighted by atomic mass is 10.2. The predicted octanol–water partition coefficient (Wildman–Crippen LogP) is 2.67. The molecule has 3 heteroatoms. The standard InChI is InChI=1S/C14H24N2O/c1-10(2)8-16(12-4-5-12)9-13-6-11(3)14(7-15)17-13/h6,10,12H,4-5,7-9,15H2,1-3H3. The van der Waals surface area contributed by atoms with Crippen molar-refractivity contribution in [1.29, 1.82) is 0 Å². The van der Waals surface area contributed by atoms with E-state index in [2.05, 4.69) is 31.7 Å². The van der Waals surface area contributed by atoms with Crippen LogP contribution >= 0.6 is 0 Å². The molecule has 1 fully saturated rings. The summed E-state index contributed by atoms with van der Waals surface area (Å²) >= 11 is 0. The topological polar surface area (TPSA) is 42.4 Å². The first-order valence-electron chi connectivity index (χ1n) is 6.62. The van der Waals surface area contributed by atoms with Gasteiger partial charge in [0.2, 0.25) is 0 Å². The summed E-state index contributed by atoms with van der Waals surface area (Å²) in [7, 11) is 0. The van der Waals surface area contributed by atoms with Crippen LogP contribution in [0.25, 0.3) is 0 Å². The summed E-state index contributed by atoms with van der Waals surface area (Å²) in [5.41, 5.74) is 6.82. The molecule has 2 rings (SSSR count). The Labute approximate surface area is 104 Å². The van der Waals surface area contributed by atoms with Gasteiger partial charge < -0.3 is 10.2 Å². The first kappa shape index (κ1) is 12.7. The Morgan fingerprint density at radius 2 is 2.18 bits per heavy atom. The van der Waals surface area contributed by atoms with Crippen molar-refractivity contribution in [2.24, 2.45) is 11.7 Å². The molecule has 0 bridgehead atoms. The quantitative estimate of drug-likeness (QED) is 0.825. The molecule has 0 unspecified atom stereocenters. The Balaban J connectivity index is 2.00. The van der Waals surface area contributed by atoms with E-state index in [0.717, 1.165) is 30.7 Å². The maximum Gasteiger partial charge on any atom is 0.120 e. The van der Waals surface area contributed by atoms with Crippen LogP contribution in [0.1, 0.15) is 43.8 Å². The molecule has 96 valence electrons. The van der Waals surface area contributed by atoms with Gasteiger partial charge in [0.05, 0.1) is 13.1 Å². The Hall–Kier alpha value is -0.800. The summed E-state index contributed by atoms with van der Waals surface area (Å²) in [5.74, 6) is 2.71. The average molecular weight is 236 g/mol. The smallest absolute Gasteiger partial charge is 0.120 e. The summed E-state index contributed by atoms with van der Waals surface area (Å²) in [6.45, 7) is 9.20. The molecule has 0 aromatic carbocycles. The van der Waals surface area contributed by atoms with E-state index in [-0.39, 0.29) is 0 Å². The van der Waals surface area contributed by atoms with E-state index in [1.54, 1.807) is 0 Å². The summed E-state index contributed by atoms with van der Waals surface area (Å²) in [4.78, 5) is 2.54. The lowest BCUT2D eigenvalue weighted by Crippen LogP contribution is -2.29. The number of nitrogens with two attached hydrogens (primary N) is 1. The Kier molecular flexibility index (Phi) is 3.89. The molecule has 1 aliphatic carbocycles. The SMILES string of the molecule is Cc1cc(CN(CC(C)C)C2CC2)oc1CN. The molecular weight excluding hydrogens is 212 g/mol. The van der Waals surface area contributed by atoms with Crippen LogP contribution in [0.2, 0.25) is 0 Å². The van der Waals surface area contributed by atoms with Crippen molar-refractivity contribution >= 4 is 0 Å². The summed E-state index contributed by atoms with van der Waals surface area (Å²) < 4.78 is 5.79. The second-order valence-corrected chi connectivity index (χ2v) is 5.58. The zero-order valence-electron chi connectivity index (χ0n) is 11.2. The number of hydrogen-bond donors (Lipinski definition) is 1. The van der Waals surface area contributed by atoms with Gasteiger partial charge in [-0.1, -0.05) is 13.8 Å². The molecule has 0 atom stereocenters. The second kappa shape index (κ2) is 5.23. The summed E-state index contributed by atoms with van der Waals surface area (Å²) in [6, 6.07) is 2.92. The number of rotatable bonds is 6. The summed E-state index contributed by atoms with van der Waals surface area (Å²) in [6.07, 6.45) is 2.69. The van der Waals surface area contributed by atoms with E-state index < -0.39 is 0 Å². The fourth-order valence-corrected chi connectivity index (χ4v) is 2.32. The number of hydrogen-bond acceptors (Lipinski definition) is 3. The third-order valence-electron chi connectivity index (χ3n) is 3.28. The number of aryl methyl sites for hydroxylation is 1. The van der Waals surface area contributed by atoms with E-state index >= 15 is 0 Å². The van der Waals surface area contributed by atoms with Crippen LogP contribution in [0.15, 0.2) is 10.5 Å². The molecule has 1 aromatic heterocycles. The summed E-state index contributed by atoms with van der Waals surface area (Å²) in [5, 5.41) is 0. The average Bonchev–Trinajstić information content (AvgIpc) is 3.02. The minimum absolute atomic E-state index is 0.499. The van der Waals surface area contributed by atoms with Crippen molar-refractivity contribution < 1.29 is 4.42 Å².